The van der Waals surface area contributed by atoms with Gasteiger partial charge in [-0.3, -0.25) is 14.9 Å². The molecule has 6 nitrogen and oxygen atoms in total. The molecule has 6 heteroatoms. The Morgan fingerprint density at radius 2 is 2.42 bits per heavy atom. The van der Waals surface area contributed by atoms with Gasteiger partial charge in [-0.2, -0.15) is 0 Å². The number of amides is 1. The topological polar surface area (TPSA) is 77.2 Å². The van der Waals surface area contributed by atoms with E-state index in [9.17, 15) is 14.9 Å². The molecule has 1 aromatic heterocycles. The van der Waals surface area contributed by atoms with Crippen LogP contribution in [0, 0.1) is 22.5 Å². The fourth-order valence-corrected chi connectivity index (χ4v) is 1.90. The third kappa shape index (κ3) is 2.76. The summed E-state index contributed by atoms with van der Waals surface area (Å²) in [6, 6.07) is 1.14. The van der Waals surface area contributed by atoms with Gasteiger partial charge in [0.15, 0.2) is 0 Å². The van der Waals surface area contributed by atoms with Crippen molar-refractivity contribution in [3.8, 4) is 12.3 Å². The monoisotopic (exact) mass is 261 g/mol. The summed E-state index contributed by atoms with van der Waals surface area (Å²) in [4.78, 5) is 22.4. The molecule has 1 amide bonds. The van der Waals surface area contributed by atoms with Crippen molar-refractivity contribution in [2.24, 2.45) is 0 Å². The molecule has 1 fully saturated rings. The van der Waals surface area contributed by atoms with Crippen LogP contribution in [0.25, 0.3) is 0 Å². The van der Waals surface area contributed by atoms with Crippen molar-refractivity contribution < 1.29 is 9.72 Å². The van der Waals surface area contributed by atoms with Crippen LogP contribution in [-0.2, 0) is 0 Å². The van der Waals surface area contributed by atoms with Crippen LogP contribution in [-0.4, -0.2) is 21.4 Å². The van der Waals surface area contributed by atoms with Crippen molar-refractivity contribution in [1.82, 2.24) is 9.88 Å². The molecule has 2 rings (SSSR count). The molecule has 19 heavy (non-hydrogen) atoms. The van der Waals surface area contributed by atoms with Crippen LogP contribution < -0.4 is 5.32 Å². The van der Waals surface area contributed by atoms with Gasteiger partial charge in [-0.25, -0.2) is 0 Å². The average molecular weight is 261 g/mol. The van der Waals surface area contributed by atoms with Crippen LogP contribution in [0.4, 0.5) is 5.69 Å². The normalized spacial score (nSPS) is 15.6. The first-order valence-electron chi connectivity index (χ1n) is 6.20. The van der Waals surface area contributed by atoms with E-state index in [1.54, 1.807) is 4.57 Å². The van der Waals surface area contributed by atoms with E-state index in [-0.39, 0.29) is 23.7 Å². The van der Waals surface area contributed by atoms with E-state index in [0.717, 1.165) is 12.8 Å². The maximum absolute atomic E-state index is 12.1. The highest BCUT2D eigenvalue weighted by Crippen LogP contribution is 2.37. The average Bonchev–Trinajstić information content (AvgIpc) is 3.13. The number of terminal acetylenes is 1. The van der Waals surface area contributed by atoms with Crippen LogP contribution in [0.2, 0.25) is 0 Å². The molecule has 0 aliphatic heterocycles. The zero-order chi connectivity index (χ0) is 14.0. The van der Waals surface area contributed by atoms with Crippen molar-refractivity contribution in [3.05, 3.63) is 28.1 Å². The Labute approximate surface area is 110 Å². The van der Waals surface area contributed by atoms with Crippen LogP contribution in [0.1, 0.15) is 42.7 Å². The molecule has 100 valence electrons. The number of aromatic nitrogens is 1. The quantitative estimate of drug-likeness (QED) is 0.499. The first-order chi connectivity index (χ1) is 9.06. The highest BCUT2D eigenvalue weighted by atomic mass is 16.6. The number of nitrogens with zero attached hydrogens (tertiary/aromatic N) is 2. The molecule has 0 aromatic carbocycles. The minimum Gasteiger partial charge on any atom is -0.337 e. The summed E-state index contributed by atoms with van der Waals surface area (Å²) < 4.78 is 1.68. The van der Waals surface area contributed by atoms with Crippen LogP contribution in [0.5, 0.6) is 0 Å². The van der Waals surface area contributed by atoms with Crippen LogP contribution >= 0.6 is 0 Å². The molecule has 1 aromatic rings. The van der Waals surface area contributed by atoms with Crippen LogP contribution in [0.15, 0.2) is 12.3 Å². The van der Waals surface area contributed by atoms with Gasteiger partial charge in [0.05, 0.1) is 17.2 Å². The smallest absolute Gasteiger partial charge is 0.287 e. The largest absolute Gasteiger partial charge is 0.337 e. The van der Waals surface area contributed by atoms with E-state index in [1.165, 1.54) is 12.3 Å². The van der Waals surface area contributed by atoms with Crippen LogP contribution in [0.3, 0.4) is 0 Å². The summed E-state index contributed by atoms with van der Waals surface area (Å²) in [6.07, 6.45) is 9.22. The fourth-order valence-electron chi connectivity index (χ4n) is 1.90. The van der Waals surface area contributed by atoms with Gasteiger partial charge >= 0.3 is 0 Å². The summed E-state index contributed by atoms with van der Waals surface area (Å²) in [5.41, 5.74) is 0.244. The number of nitro groups is 1. The van der Waals surface area contributed by atoms with Crippen molar-refractivity contribution in [1.29, 1.82) is 0 Å². The van der Waals surface area contributed by atoms with Gasteiger partial charge in [-0.15, -0.1) is 6.42 Å². The van der Waals surface area contributed by atoms with E-state index in [2.05, 4.69) is 11.2 Å². The Kier molecular flexibility index (Phi) is 3.56. The van der Waals surface area contributed by atoms with Gasteiger partial charge in [-0.05, 0) is 19.3 Å². The second kappa shape index (κ2) is 5.14. The molecule has 1 heterocycles. The molecular formula is C13H15N3O3. The molecule has 1 N–H and O–H groups in total. The molecule has 0 bridgehead atoms. The second-order valence-corrected chi connectivity index (χ2v) is 4.58. The maximum atomic E-state index is 12.1. The van der Waals surface area contributed by atoms with E-state index in [4.69, 9.17) is 6.42 Å². The van der Waals surface area contributed by atoms with Gasteiger partial charge < -0.3 is 9.88 Å². The second-order valence-electron chi connectivity index (χ2n) is 4.58. The van der Waals surface area contributed by atoms with E-state index < -0.39 is 4.92 Å². The Bertz CT molecular complexity index is 552. The number of rotatable bonds is 5. The molecule has 1 aliphatic rings. The van der Waals surface area contributed by atoms with Crippen molar-refractivity contribution in [3.63, 3.8) is 0 Å². The predicted octanol–water partition coefficient (Wildman–Crippen LogP) is 1.87. The number of carbonyl (C=O) groups is 1. The fraction of sp³-hybridized carbons (Fsp3) is 0.462. The molecular weight excluding hydrogens is 246 g/mol. The third-order valence-electron chi connectivity index (χ3n) is 3.13. The van der Waals surface area contributed by atoms with E-state index in [0.29, 0.717) is 12.1 Å². The first kappa shape index (κ1) is 13.1. The maximum Gasteiger partial charge on any atom is 0.287 e. The Morgan fingerprint density at radius 3 is 2.89 bits per heavy atom. The van der Waals surface area contributed by atoms with Gasteiger partial charge in [0.25, 0.3) is 11.6 Å². The number of nitrogens with one attached hydrogen (secondary N) is 1. The highest BCUT2D eigenvalue weighted by molar-refractivity contribution is 5.94. The lowest BCUT2D eigenvalue weighted by Crippen LogP contribution is -2.34. The van der Waals surface area contributed by atoms with Crippen molar-refractivity contribution in [2.45, 2.75) is 38.3 Å². The zero-order valence-corrected chi connectivity index (χ0v) is 10.6. The minimum atomic E-state index is -0.492. The molecule has 0 radical (unpaired) electrons. The third-order valence-corrected chi connectivity index (χ3v) is 3.13. The summed E-state index contributed by atoms with van der Waals surface area (Å²) >= 11 is 0. The summed E-state index contributed by atoms with van der Waals surface area (Å²) in [5, 5.41) is 13.5. The minimum absolute atomic E-state index is 0.0641. The SMILES string of the molecule is C#CC(CC)NC(=O)c1cc([N+](=O)[O-])cn1C1CC1. The molecule has 0 saturated heterocycles. The van der Waals surface area contributed by atoms with Crippen molar-refractivity contribution in [2.75, 3.05) is 0 Å². The molecule has 1 unspecified atom stereocenters. The summed E-state index contributed by atoms with van der Waals surface area (Å²) in [6.45, 7) is 1.87. The first-order valence-corrected chi connectivity index (χ1v) is 6.20. The van der Waals surface area contributed by atoms with Gasteiger partial charge in [0, 0.05) is 12.1 Å². The zero-order valence-electron chi connectivity index (χ0n) is 10.6. The highest BCUT2D eigenvalue weighted by Gasteiger charge is 2.30. The van der Waals surface area contributed by atoms with Gasteiger partial charge in [0.2, 0.25) is 0 Å². The molecule has 1 atom stereocenters. The number of hydrogen-bond donors (Lipinski definition) is 1. The Balaban J connectivity index is 2.25. The standard InChI is InChI=1S/C13H15N3O3/c1-3-9(4-2)14-13(17)12-7-11(16(18)19)8-15(12)10-5-6-10/h1,7-10H,4-6H2,2H3,(H,14,17). The molecule has 1 saturated carbocycles. The number of hydrogen-bond acceptors (Lipinski definition) is 3. The molecule has 0 spiro atoms. The summed E-state index contributed by atoms with van der Waals surface area (Å²) in [7, 11) is 0. The van der Waals surface area contributed by atoms with Crippen molar-refractivity contribution >= 4 is 11.6 Å². The lowest BCUT2D eigenvalue weighted by Gasteiger charge is -2.12. The predicted molar refractivity (Wildman–Crippen MR) is 69.7 cm³/mol. The van der Waals surface area contributed by atoms with Gasteiger partial charge in [0.1, 0.15) is 5.69 Å². The van der Waals surface area contributed by atoms with E-state index in [1.807, 2.05) is 6.92 Å². The summed E-state index contributed by atoms with van der Waals surface area (Å²) in [5.74, 6) is 2.11. The lowest BCUT2D eigenvalue weighted by molar-refractivity contribution is -0.384. The Morgan fingerprint density at radius 1 is 1.74 bits per heavy atom. The van der Waals surface area contributed by atoms with Gasteiger partial charge in [-0.1, -0.05) is 12.8 Å². The number of carbonyl (C=O) groups excluding carboxylic acids is 1. The lowest BCUT2D eigenvalue weighted by atomic mass is 10.2. The Hall–Kier alpha value is -2.29. The van der Waals surface area contributed by atoms with E-state index >= 15 is 0 Å². The molecule has 1 aliphatic carbocycles.